The second-order valence-corrected chi connectivity index (χ2v) is 10.8. The molecule has 1 aromatic carbocycles. The van der Waals surface area contributed by atoms with E-state index in [4.69, 9.17) is 9.72 Å². The molecule has 1 unspecified atom stereocenters. The largest absolute Gasteiger partial charge is 0.374 e. The second-order valence-electron chi connectivity index (χ2n) is 9.79. The first-order valence-corrected chi connectivity index (χ1v) is 14.9. The molecule has 40 heavy (non-hydrogen) atoms. The first-order valence-electron chi connectivity index (χ1n) is 14.0. The van der Waals surface area contributed by atoms with E-state index in [9.17, 15) is 4.79 Å². The monoisotopic (exact) mass is 561 g/mol. The highest BCUT2D eigenvalue weighted by atomic mass is 32.1. The number of amides is 1. The molecule has 0 aliphatic rings. The van der Waals surface area contributed by atoms with Gasteiger partial charge >= 0.3 is 0 Å². The number of nitrogens with one attached hydrogen (secondary N) is 3. The van der Waals surface area contributed by atoms with Crippen LogP contribution in [0.5, 0.6) is 0 Å². The van der Waals surface area contributed by atoms with Crippen LogP contribution in [0, 0.1) is 0 Å². The van der Waals surface area contributed by atoms with Crippen molar-refractivity contribution < 1.29 is 9.53 Å². The number of hydrogen-bond donors (Lipinski definition) is 3. The summed E-state index contributed by atoms with van der Waals surface area (Å²) in [6.45, 7) is 8.36. The van der Waals surface area contributed by atoms with Crippen molar-refractivity contribution in [3.63, 3.8) is 0 Å². The quantitative estimate of drug-likeness (QED) is 0.150. The average molecular weight is 562 g/mol. The molecule has 0 saturated carbocycles. The summed E-state index contributed by atoms with van der Waals surface area (Å²) in [5.74, 6) is 1.02. The molecule has 4 aromatic rings. The van der Waals surface area contributed by atoms with Gasteiger partial charge in [0.05, 0.1) is 18.4 Å². The number of carbonyl (C=O) groups excluding carboxylic acids is 1. The molecular weight excluding hydrogens is 522 g/mol. The number of para-hydroxylation sites is 1. The van der Waals surface area contributed by atoms with Crippen LogP contribution >= 0.6 is 11.3 Å². The number of benzene rings is 1. The SMILES string of the molecule is CCCCc1nc(NCCNC)cc(C(=O)Nc2ccccc2-c2nc3cc(COC(C)CCC)cnc3s2)n1. The van der Waals surface area contributed by atoms with Gasteiger partial charge in [0.1, 0.15) is 32.7 Å². The summed E-state index contributed by atoms with van der Waals surface area (Å²) in [5.41, 5.74) is 3.65. The molecule has 0 aliphatic carbocycles. The third-order valence-corrected chi connectivity index (χ3v) is 7.39. The fourth-order valence-corrected chi connectivity index (χ4v) is 5.15. The number of unbranched alkanes of at least 4 members (excludes halogenated alkanes) is 1. The van der Waals surface area contributed by atoms with E-state index in [1.54, 1.807) is 6.07 Å². The molecule has 9 nitrogen and oxygen atoms in total. The minimum atomic E-state index is -0.288. The van der Waals surface area contributed by atoms with Crippen molar-refractivity contribution >= 4 is 39.1 Å². The number of aromatic nitrogens is 4. The van der Waals surface area contributed by atoms with Gasteiger partial charge in [-0.2, -0.15) is 0 Å². The van der Waals surface area contributed by atoms with Crippen LogP contribution in [0.1, 0.15) is 68.3 Å². The fraction of sp³-hybridized carbons (Fsp3) is 0.433. The topological polar surface area (TPSA) is 114 Å². The Balaban J connectivity index is 1.55. The Kier molecular flexibility index (Phi) is 10.9. The van der Waals surface area contributed by atoms with Crippen molar-refractivity contribution in [2.24, 2.45) is 0 Å². The number of rotatable bonds is 15. The molecule has 4 rings (SSSR count). The molecular formula is C30H39N7O2S. The minimum Gasteiger partial charge on any atom is -0.374 e. The van der Waals surface area contributed by atoms with Crippen LogP contribution in [0.4, 0.5) is 11.5 Å². The van der Waals surface area contributed by atoms with Gasteiger partial charge in [0.15, 0.2) is 0 Å². The Bertz CT molecular complexity index is 1410. The lowest BCUT2D eigenvalue weighted by molar-refractivity contribution is 0.0471. The van der Waals surface area contributed by atoms with Gasteiger partial charge in [0.2, 0.25) is 0 Å². The molecule has 0 fully saturated rings. The molecule has 0 radical (unpaired) electrons. The third kappa shape index (κ3) is 8.03. The maximum atomic E-state index is 13.4. The number of thiazole rings is 1. The smallest absolute Gasteiger partial charge is 0.274 e. The highest BCUT2D eigenvalue weighted by Gasteiger charge is 2.17. The van der Waals surface area contributed by atoms with Crippen LogP contribution in [0.25, 0.3) is 20.9 Å². The van der Waals surface area contributed by atoms with Crippen molar-refractivity contribution in [3.05, 3.63) is 59.7 Å². The summed E-state index contributed by atoms with van der Waals surface area (Å²) >= 11 is 1.50. The lowest BCUT2D eigenvalue weighted by atomic mass is 10.1. The standard InChI is InChI=1S/C30H39N7O2S/c1-5-7-13-26-34-24(17-27(37-26)32-15-14-31-4)28(38)35-23-12-9-8-11-22(23)29-36-25-16-21(18-33-30(25)40-29)19-39-20(3)10-6-2/h8-9,11-12,16-18,20,31H,5-7,10,13-15,19H2,1-4H3,(H,35,38)(H,32,34,37). The highest BCUT2D eigenvalue weighted by molar-refractivity contribution is 7.21. The van der Waals surface area contributed by atoms with Gasteiger partial charge < -0.3 is 20.7 Å². The summed E-state index contributed by atoms with van der Waals surface area (Å²) in [7, 11) is 1.90. The van der Waals surface area contributed by atoms with E-state index in [1.165, 1.54) is 11.3 Å². The first kappa shape index (κ1) is 29.5. The molecule has 0 saturated heterocycles. The summed E-state index contributed by atoms with van der Waals surface area (Å²) in [6.07, 6.45) is 6.89. The van der Waals surface area contributed by atoms with Crippen LogP contribution < -0.4 is 16.0 Å². The van der Waals surface area contributed by atoms with Crippen molar-refractivity contribution in [2.45, 2.75) is 65.6 Å². The fourth-order valence-electron chi connectivity index (χ4n) is 4.22. The number of hydrogen-bond acceptors (Lipinski definition) is 9. The number of pyridine rings is 1. The number of likely N-dealkylation sites (N-methyl/N-ethyl adjacent to an activating group) is 1. The predicted octanol–water partition coefficient (Wildman–Crippen LogP) is 6.08. The van der Waals surface area contributed by atoms with Gasteiger partial charge in [-0.15, -0.1) is 0 Å². The molecule has 212 valence electrons. The van der Waals surface area contributed by atoms with E-state index < -0.39 is 0 Å². The molecule has 10 heteroatoms. The second kappa shape index (κ2) is 14.8. The van der Waals surface area contributed by atoms with Crippen molar-refractivity contribution in [1.29, 1.82) is 0 Å². The molecule has 3 N–H and O–H groups in total. The van der Waals surface area contributed by atoms with Crippen molar-refractivity contribution in [2.75, 3.05) is 30.8 Å². The van der Waals surface area contributed by atoms with E-state index in [0.717, 1.165) is 65.1 Å². The first-order chi connectivity index (χ1) is 19.5. The summed E-state index contributed by atoms with van der Waals surface area (Å²) in [4.78, 5) is 32.9. The normalized spacial score (nSPS) is 12.0. The van der Waals surface area contributed by atoms with Crippen LogP contribution in [0.15, 0.2) is 42.6 Å². The minimum absolute atomic E-state index is 0.208. The van der Waals surface area contributed by atoms with Crippen LogP contribution in [0.3, 0.4) is 0 Å². The number of ether oxygens (including phenoxy) is 1. The zero-order valence-electron chi connectivity index (χ0n) is 23.8. The summed E-state index contributed by atoms with van der Waals surface area (Å²) in [5, 5.41) is 10.2. The molecule has 0 aliphatic heterocycles. The Labute approximate surface area is 240 Å². The summed E-state index contributed by atoms with van der Waals surface area (Å²) < 4.78 is 5.95. The highest BCUT2D eigenvalue weighted by Crippen LogP contribution is 2.34. The number of aryl methyl sites for hydroxylation is 1. The van der Waals surface area contributed by atoms with Gasteiger partial charge in [0, 0.05) is 37.3 Å². The zero-order chi connectivity index (χ0) is 28.3. The molecule has 1 amide bonds. The molecule has 3 aromatic heterocycles. The molecule has 0 bridgehead atoms. The summed E-state index contributed by atoms with van der Waals surface area (Å²) in [6, 6.07) is 11.4. The number of anilines is 2. The van der Waals surface area contributed by atoms with Gasteiger partial charge in [-0.25, -0.2) is 19.9 Å². The Hall–Kier alpha value is -3.47. The van der Waals surface area contributed by atoms with E-state index in [2.05, 4.69) is 51.7 Å². The van der Waals surface area contributed by atoms with Gasteiger partial charge in [-0.1, -0.05) is 50.2 Å². The van der Waals surface area contributed by atoms with E-state index in [1.807, 2.05) is 43.6 Å². The predicted molar refractivity (Wildman–Crippen MR) is 163 cm³/mol. The van der Waals surface area contributed by atoms with Gasteiger partial charge in [0.25, 0.3) is 5.91 Å². The number of fused-ring (bicyclic) bond motifs is 1. The van der Waals surface area contributed by atoms with Crippen LogP contribution in [-0.2, 0) is 17.8 Å². The zero-order valence-corrected chi connectivity index (χ0v) is 24.6. The maximum Gasteiger partial charge on any atom is 0.274 e. The molecule has 0 spiro atoms. The lowest BCUT2D eigenvalue weighted by Crippen LogP contribution is -2.20. The van der Waals surface area contributed by atoms with Crippen LogP contribution in [-0.4, -0.2) is 52.1 Å². The van der Waals surface area contributed by atoms with Gasteiger partial charge in [-0.05, 0) is 50.6 Å². The van der Waals surface area contributed by atoms with E-state index in [-0.39, 0.29) is 12.0 Å². The van der Waals surface area contributed by atoms with Crippen molar-refractivity contribution in [1.82, 2.24) is 25.3 Å². The number of nitrogens with zero attached hydrogens (tertiary/aromatic N) is 4. The number of carbonyl (C=O) groups is 1. The lowest BCUT2D eigenvalue weighted by Gasteiger charge is -2.12. The van der Waals surface area contributed by atoms with E-state index in [0.29, 0.717) is 36.2 Å². The van der Waals surface area contributed by atoms with Crippen LogP contribution in [0.2, 0.25) is 0 Å². The molecule has 1 atom stereocenters. The Morgan fingerprint density at radius 1 is 1.07 bits per heavy atom. The van der Waals surface area contributed by atoms with E-state index >= 15 is 0 Å². The third-order valence-electron chi connectivity index (χ3n) is 6.38. The van der Waals surface area contributed by atoms with Gasteiger partial charge in [-0.3, -0.25) is 4.79 Å². The Morgan fingerprint density at radius 2 is 1.93 bits per heavy atom. The molecule has 3 heterocycles. The maximum absolute atomic E-state index is 13.4. The van der Waals surface area contributed by atoms with Crippen molar-refractivity contribution in [3.8, 4) is 10.6 Å². The Morgan fingerprint density at radius 3 is 2.73 bits per heavy atom. The average Bonchev–Trinajstić information content (AvgIpc) is 3.39.